The zero-order chi connectivity index (χ0) is 10.9. The number of hydrogen-bond donors (Lipinski definition) is 1. The molecule has 0 atom stereocenters. The Morgan fingerprint density at radius 2 is 2.07 bits per heavy atom. The molecule has 0 aliphatic carbocycles. The summed E-state index contributed by atoms with van der Waals surface area (Å²) in [5, 5.41) is 3.21. The number of rotatable bonds is 8. The van der Waals surface area contributed by atoms with E-state index in [0.29, 0.717) is 26.3 Å². The molecule has 0 radical (unpaired) electrons. The van der Waals surface area contributed by atoms with Crippen molar-refractivity contribution in [2.75, 3.05) is 19.8 Å². The Bertz CT molecular complexity index is 230. The molecule has 1 N–H and O–H groups in total. The lowest BCUT2D eigenvalue weighted by atomic mass is 10.4. The maximum absolute atomic E-state index is 5.39. The lowest BCUT2D eigenvalue weighted by Crippen LogP contribution is -2.31. The van der Waals surface area contributed by atoms with Gasteiger partial charge in [0.1, 0.15) is 5.76 Å². The predicted octanol–water partition coefficient (Wildman–Crippen LogP) is 1.77. The summed E-state index contributed by atoms with van der Waals surface area (Å²) in [6.07, 6.45) is 1.49. The Kier molecular flexibility index (Phi) is 6.08. The number of nitrogens with one attached hydrogen (secondary N) is 1. The molecule has 0 saturated heterocycles. The number of hydrogen-bond acceptors (Lipinski definition) is 4. The SMILES string of the molecule is CCOC(CNCc1ccco1)OCC. The van der Waals surface area contributed by atoms with Crippen LogP contribution in [0, 0.1) is 0 Å². The standard InChI is InChI=1S/C11H19NO3/c1-3-13-11(14-4-2)9-12-8-10-6-5-7-15-10/h5-7,11-12H,3-4,8-9H2,1-2H3. The fourth-order valence-electron chi connectivity index (χ4n) is 1.26. The van der Waals surface area contributed by atoms with Gasteiger partial charge in [-0.2, -0.15) is 0 Å². The molecule has 1 aromatic rings. The van der Waals surface area contributed by atoms with Gasteiger partial charge in [0.15, 0.2) is 6.29 Å². The van der Waals surface area contributed by atoms with Gasteiger partial charge in [-0.3, -0.25) is 0 Å². The van der Waals surface area contributed by atoms with Crippen LogP contribution in [0.25, 0.3) is 0 Å². The molecule has 0 unspecified atom stereocenters. The molecule has 0 bridgehead atoms. The smallest absolute Gasteiger partial charge is 0.169 e. The van der Waals surface area contributed by atoms with E-state index >= 15 is 0 Å². The van der Waals surface area contributed by atoms with Gasteiger partial charge in [-0.1, -0.05) is 0 Å². The van der Waals surface area contributed by atoms with Crippen molar-refractivity contribution in [1.82, 2.24) is 5.32 Å². The topological polar surface area (TPSA) is 43.6 Å². The molecular weight excluding hydrogens is 194 g/mol. The van der Waals surface area contributed by atoms with Crippen LogP contribution in [0.15, 0.2) is 22.8 Å². The van der Waals surface area contributed by atoms with E-state index in [9.17, 15) is 0 Å². The summed E-state index contributed by atoms with van der Waals surface area (Å²) in [5.74, 6) is 0.918. The van der Waals surface area contributed by atoms with Crippen LogP contribution in [0.4, 0.5) is 0 Å². The molecule has 1 aromatic heterocycles. The summed E-state index contributed by atoms with van der Waals surface area (Å²) < 4.78 is 16.0. The van der Waals surface area contributed by atoms with Crippen molar-refractivity contribution < 1.29 is 13.9 Å². The second kappa shape index (κ2) is 7.45. The van der Waals surface area contributed by atoms with Gasteiger partial charge in [-0.05, 0) is 26.0 Å². The van der Waals surface area contributed by atoms with Crippen molar-refractivity contribution in [3.63, 3.8) is 0 Å². The van der Waals surface area contributed by atoms with Crippen molar-refractivity contribution in [3.8, 4) is 0 Å². The van der Waals surface area contributed by atoms with Gasteiger partial charge >= 0.3 is 0 Å². The second-order valence-corrected chi connectivity index (χ2v) is 3.05. The Hall–Kier alpha value is -0.840. The maximum atomic E-state index is 5.39. The number of ether oxygens (including phenoxy) is 2. The van der Waals surface area contributed by atoms with E-state index in [4.69, 9.17) is 13.9 Å². The van der Waals surface area contributed by atoms with E-state index in [2.05, 4.69) is 5.32 Å². The second-order valence-electron chi connectivity index (χ2n) is 3.05. The quantitative estimate of drug-likeness (QED) is 0.668. The Labute approximate surface area is 90.6 Å². The summed E-state index contributed by atoms with van der Waals surface area (Å²) >= 11 is 0. The molecule has 0 aliphatic rings. The molecule has 86 valence electrons. The third-order valence-corrected chi connectivity index (χ3v) is 1.90. The summed E-state index contributed by atoms with van der Waals surface area (Å²) in [6, 6.07) is 3.81. The Morgan fingerprint density at radius 1 is 1.33 bits per heavy atom. The highest BCUT2D eigenvalue weighted by molar-refractivity contribution is 4.97. The van der Waals surface area contributed by atoms with Gasteiger partial charge in [0.2, 0.25) is 0 Å². The summed E-state index contributed by atoms with van der Waals surface area (Å²) in [4.78, 5) is 0. The van der Waals surface area contributed by atoms with Crippen LogP contribution < -0.4 is 5.32 Å². The van der Waals surface area contributed by atoms with Gasteiger partial charge < -0.3 is 19.2 Å². The van der Waals surface area contributed by atoms with Crippen LogP contribution in [0.5, 0.6) is 0 Å². The predicted molar refractivity (Wildman–Crippen MR) is 57.5 cm³/mol. The molecule has 0 spiro atoms. The van der Waals surface area contributed by atoms with E-state index in [1.165, 1.54) is 0 Å². The number of furan rings is 1. The van der Waals surface area contributed by atoms with Crippen molar-refractivity contribution in [1.29, 1.82) is 0 Å². The third kappa shape index (κ3) is 4.97. The lowest BCUT2D eigenvalue weighted by molar-refractivity contribution is -0.133. The van der Waals surface area contributed by atoms with Crippen molar-refractivity contribution in [2.24, 2.45) is 0 Å². The fourth-order valence-corrected chi connectivity index (χ4v) is 1.26. The van der Waals surface area contributed by atoms with Crippen molar-refractivity contribution in [3.05, 3.63) is 24.2 Å². The Morgan fingerprint density at radius 3 is 2.60 bits per heavy atom. The first-order valence-corrected chi connectivity index (χ1v) is 5.33. The fraction of sp³-hybridized carbons (Fsp3) is 0.636. The zero-order valence-electron chi connectivity index (χ0n) is 9.36. The van der Waals surface area contributed by atoms with Crippen LogP contribution in [-0.2, 0) is 16.0 Å². The normalized spacial score (nSPS) is 11.1. The molecular formula is C11H19NO3. The average Bonchev–Trinajstić information content (AvgIpc) is 2.71. The Balaban J connectivity index is 2.15. The van der Waals surface area contributed by atoms with E-state index in [1.54, 1.807) is 6.26 Å². The molecule has 0 amide bonds. The van der Waals surface area contributed by atoms with Crippen molar-refractivity contribution >= 4 is 0 Å². The minimum absolute atomic E-state index is 0.171. The molecule has 1 rings (SSSR count). The highest BCUT2D eigenvalue weighted by atomic mass is 16.7. The third-order valence-electron chi connectivity index (χ3n) is 1.90. The highest BCUT2D eigenvalue weighted by Gasteiger charge is 2.06. The van der Waals surface area contributed by atoms with Crippen LogP contribution in [-0.4, -0.2) is 26.0 Å². The molecule has 0 aliphatic heterocycles. The minimum Gasteiger partial charge on any atom is -0.468 e. The molecule has 0 fully saturated rings. The molecule has 1 heterocycles. The molecule has 0 saturated carbocycles. The van der Waals surface area contributed by atoms with Crippen molar-refractivity contribution in [2.45, 2.75) is 26.7 Å². The van der Waals surface area contributed by atoms with Gasteiger partial charge in [-0.15, -0.1) is 0 Å². The monoisotopic (exact) mass is 213 g/mol. The first-order chi connectivity index (χ1) is 7.36. The summed E-state index contributed by atoms with van der Waals surface area (Å²) in [7, 11) is 0. The summed E-state index contributed by atoms with van der Waals surface area (Å²) in [6.45, 7) is 6.60. The first-order valence-electron chi connectivity index (χ1n) is 5.33. The van der Waals surface area contributed by atoms with Crippen LogP contribution in [0.2, 0.25) is 0 Å². The first kappa shape index (κ1) is 12.2. The van der Waals surface area contributed by atoms with Gasteiger partial charge in [0.05, 0.1) is 12.8 Å². The van der Waals surface area contributed by atoms with E-state index in [0.717, 1.165) is 5.76 Å². The van der Waals surface area contributed by atoms with E-state index in [1.807, 2.05) is 26.0 Å². The van der Waals surface area contributed by atoms with Gasteiger partial charge in [0.25, 0.3) is 0 Å². The van der Waals surface area contributed by atoms with E-state index < -0.39 is 0 Å². The van der Waals surface area contributed by atoms with Gasteiger partial charge in [0, 0.05) is 19.8 Å². The molecule has 4 nitrogen and oxygen atoms in total. The van der Waals surface area contributed by atoms with Crippen LogP contribution in [0.1, 0.15) is 19.6 Å². The molecule has 4 heteroatoms. The summed E-state index contributed by atoms with van der Waals surface area (Å²) in [5.41, 5.74) is 0. The molecule has 0 aromatic carbocycles. The lowest BCUT2D eigenvalue weighted by Gasteiger charge is -2.16. The largest absolute Gasteiger partial charge is 0.468 e. The maximum Gasteiger partial charge on any atom is 0.169 e. The molecule has 15 heavy (non-hydrogen) atoms. The van der Waals surface area contributed by atoms with E-state index in [-0.39, 0.29) is 6.29 Å². The zero-order valence-corrected chi connectivity index (χ0v) is 9.36. The highest BCUT2D eigenvalue weighted by Crippen LogP contribution is 1.99. The minimum atomic E-state index is -0.171. The van der Waals surface area contributed by atoms with Crippen LogP contribution >= 0.6 is 0 Å². The average molecular weight is 213 g/mol. The van der Waals surface area contributed by atoms with Crippen LogP contribution in [0.3, 0.4) is 0 Å². The van der Waals surface area contributed by atoms with Gasteiger partial charge in [-0.25, -0.2) is 0 Å².